The number of pyridine rings is 1. The summed E-state index contributed by atoms with van der Waals surface area (Å²) in [7, 11) is 0. The first-order valence-corrected chi connectivity index (χ1v) is 7.60. The summed E-state index contributed by atoms with van der Waals surface area (Å²) in [5.41, 5.74) is 5.82. The summed E-state index contributed by atoms with van der Waals surface area (Å²) in [5.74, 6) is 0. The number of hydrogen-bond donors (Lipinski definition) is 0. The molecule has 0 saturated carbocycles. The molecule has 0 unspecified atom stereocenters. The van der Waals surface area contributed by atoms with Crippen molar-refractivity contribution in [2.75, 3.05) is 0 Å². The second kappa shape index (κ2) is 5.59. The lowest BCUT2D eigenvalue weighted by atomic mass is 9.94. The lowest BCUT2D eigenvalue weighted by Gasteiger charge is -2.10. The number of hydrogen-bond acceptors (Lipinski definition) is 2. The van der Waals surface area contributed by atoms with Crippen LogP contribution in [0.2, 0.25) is 0 Å². The van der Waals surface area contributed by atoms with Crippen LogP contribution in [0.15, 0.2) is 54.2 Å². The zero-order valence-electron chi connectivity index (χ0n) is 11.5. The van der Waals surface area contributed by atoms with Crippen molar-refractivity contribution in [2.45, 2.75) is 13.3 Å². The lowest BCUT2D eigenvalue weighted by Crippen LogP contribution is -1.88. The van der Waals surface area contributed by atoms with E-state index in [1.54, 1.807) is 6.20 Å². The molecule has 1 aromatic carbocycles. The average Bonchev–Trinajstić information content (AvgIpc) is 2.97. The third-order valence-corrected chi connectivity index (χ3v) is 4.54. The van der Waals surface area contributed by atoms with E-state index in [4.69, 9.17) is 0 Å². The topological polar surface area (TPSA) is 12.9 Å². The van der Waals surface area contributed by atoms with Crippen LogP contribution in [0.3, 0.4) is 0 Å². The number of benzene rings is 1. The molecule has 0 atom stereocenters. The maximum Gasteiger partial charge on any atom is 0.0346 e. The van der Waals surface area contributed by atoms with E-state index in [9.17, 15) is 0 Å². The van der Waals surface area contributed by atoms with Gasteiger partial charge in [-0.25, -0.2) is 0 Å². The number of thiophene rings is 1. The Kier molecular flexibility index (Phi) is 3.66. The fourth-order valence-electron chi connectivity index (χ4n) is 2.36. The molecule has 0 aliphatic carbocycles. The molecule has 0 bridgehead atoms. The molecule has 1 radical (unpaired) electrons. The lowest BCUT2D eigenvalue weighted by molar-refractivity contribution is 1.19. The molecular weight excluding hydrogens is 262 g/mol. The van der Waals surface area contributed by atoms with Gasteiger partial charge in [0.25, 0.3) is 0 Å². The Balaban J connectivity index is 2.10. The summed E-state index contributed by atoms with van der Waals surface area (Å²) in [4.78, 5) is 5.60. The van der Waals surface area contributed by atoms with Gasteiger partial charge in [-0.2, -0.15) is 0 Å². The summed E-state index contributed by atoms with van der Waals surface area (Å²) < 4.78 is 0. The van der Waals surface area contributed by atoms with E-state index in [0.717, 1.165) is 23.1 Å². The van der Waals surface area contributed by atoms with Crippen LogP contribution >= 0.6 is 11.3 Å². The van der Waals surface area contributed by atoms with Crippen molar-refractivity contribution >= 4 is 11.3 Å². The first-order valence-electron chi connectivity index (χ1n) is 6.72. The summed E-state index contributed by atoms with van der Waals surface area (Å²) >= 11 is 1.81. The van der Waals surface area contributed by atoms with Gasteiger partial charge in [0.1, 0.15) is 0 Å². The summed E-state index contributed by atoms with van der Waals surface area (Å²) in [5, 5.41) is 2.22. The first kappa shape index (κ1) is 13.1. The van der Waals surface area contributed by atoms with Crippen LogP contribution in [0, 0.1) is 6.92 Å². The highest BCUT2D eigenvalue weighted by Gasteiger charge is 2.09. The Bertz CT molecular complexity index is 713. The minimum atomic E-state index is 1.07. The van der Waals surface area contributed by atoms with Crippen molar-refractivity contribution in [3.8, 4) is 22.3 Å². The highest BCUT2D eigenvalue weighted by Crippen LogP contribution is 2.33. The second-order valence-corrected chi connectivity index (χ2v) is 5.72. The van der Waals surface area contributed by atoms with Crippen molar-refractivity contribution in [3.63, 3.8) is 0 Å². The minimum absolute atomic E-state index is 1.07. The van der Waals surface area contributed by atoms with Gasteiger partial charge < -0.3 is 0 Å². The fourth-order valence-corrected chi connectivity index (χ4v) is 3.19. The van der Waals surface area contributed by atoms with E-state index >= 15 is 0 Å². The maximum absolute atomic E-state index is 4.29. The standard InChI is InChI=1S/C18H16NS/c1-3-16-10-15(12-20-16)18-8-4-7-17(13(18)2)14-6-5-9-19-11-14/h4-12H,2-3H2,1H3. The third-order valence-electron chi connectivity index (χ3n) is 3.46. The molecule has 2 aromatic heterocycles. The Labute approximate surface area is 124 Å². The molecular formula is C18H16NS. The molecule has 1 nitrogen and oxygen atoms in total. The van der Waals surface area contributed by atoms with Crippen molar-refractivity contribution in [2.24, 2.45) is 0 Å². The highest BCUT2D eigenvalue weighted by atomic mass is 32.1. The van der Waals surface area contributed by atoms with E-state index in [1.807, 2.05) is 23.6 Å². The smallest absolute Gasteiger partial charge is 0.0346 e. The molecule has 3 aromatic rings. The van der Waals surface area contributed by atoms with E-state index in [1.165, 1.54) is 16.0 Å². The number of nitrogens with zero attached hydrogens (tertiary/aromatic N) is 1. The van der Waals surface area contributed by atoms with Crippen LogP contribution in [0.5, 0.6) is 0 Å². The normalized spacial score (nSPS) is 10.7. The molecule has 0 N–H and O–H groups in total. The van der Waals surface area contributed by atoms with Gasteiger partial charge in [0.05, 0.1) is 0 Å². The van der Waals surface area contributed by atoms with E-state index < -0.39 is 0 Å². The highest BCUT2D eigenvalue weighted by molar-refractivity contribution is 7.10. The SMILES string of the molecule is [CH2]c1c(-c2cccnc2)cccc1-c1csc(CC)c1. The Morgan fingerprint density at radius 3 is 2.55 bits per heavy atom. The molecule has 3 rings (SSSR count). The third kappa shape index (κ3) is 2.39. The monoisotopic (exact) mass is 278 g/mol. The average molecular weight is 278 g/mol. The summed E-state index contributed by atoms with van der Waals surface area (Å²) in [6, 6.07) is 12.6. The minimum Gasteiger partial charge on any atom is -0.264 e. The molecule has 20 heavy (non-hydrogen) atoms. The molecule has 0 amide bonds. The predicted octanol–water partition coefficient (Wildman–Crippen LogP) is 5.22. The quantitative estimate of drug-likeness (QED) is 0.640. The van der Waals surface area contributed by atoms with Gasteiger partial charge in [0.15, 0.2) is 0 Å². The fraction of sp³-hybridized carbons (Fsp3) is 0.111. The van der Waals surface area contributed by atoms with Crippen LogP contribution in [-0.2, 0) is 6.42 Å². The second-order valence-electron chi connectivity index (χ2n) is 4.73. The number of aromatic nitrogens is 1. The van der Waals surface area contributed by atoms with Gasteiger partial charge in [-0.1, -0.05) is 31.2 Å². The van der Waals surface area contributed by atoms with Gasteiger partial charge in [-0.3, -0.25) is 4.98 Å². The van der Waals surface area contributed by atoms with Crippen LogP contribution in [0.25, 0.3) is 22.3 Å². The Morgan fingerprint density at radius 2 is 1.90 bits per heavy atom. The molecule has 2 heterocycles. The molecule has 99 valence electrons. The van der Waals surface area contributed by atoms with E-state index in [-0.39, 0.29) is 0 Å². The molecule has 0 fully saturated rings. The van der Waals surface area contributed by atoms with Crippen LogP contribution in [0.4, 0.5) is 0 Å². The van der Waals surface area contributed by atoms with Crippen molar-refractivity contribution in [1.29, 1.82) is 0 Å². The van der Waals surface area contributed by atoms with Crippen molar-refractivity contribution in [3.05, 3.63) is 71.5 Å². The molecule has 2 heteroatoms. The van der Waals surface area contributed by atoms with Gasteiger partial charge in [-0.05, 0) is 53.1 Å². The Morgan fingerprint density at radius 1 is 1.10 bits per heavy atom. The van der Waals surface area contributed by atoms with Gasteiger partial charge >= 0.3 is 0 Å². The molecule has 0 spiro atoms. The molecule has 0 aliphatic rings. The van der Waals surface area contributed by atoms with Crippen LogP contribution in [-0.4, -0.2) is 4.98 Å². The summed E-state index contributed by atoms with van der Waals surface area (Å²) in [6.45, 7) is 6.47. The maximum atomic E-state index is 4.29. The molecule has 0 aliphatic heterocycles. The predicted molar refractivity (Wildman–Crippen MR) is 86.8 cm³/mol. The van der Waals surface area contributed by atoms with Gasteiger partial charge in [0.2, 0.25) is 0 Å². The zero-order valence-corrected chi connectivity index (χ0v) is 12.3. The number of rotatable bonds is 3. The van der Waals surface area contributed by atoms with E-state index in [2.05, 4.69) is 54.5 Å². The largest absolute Gasteiger partial charge is 0.264 e. The van der Waals surface area contributed by atoms with Crippen LogP contribution < -0.4 is 0 Å². The van der Waals surface area contributed by atoms with Crippen molar-refractivity contribution < 1.29 is 0 Å². The van der Waals surface area contributed by atoms with Gasteiger partial charge in [-0.15, -0.1) is 11.3 Å². The van der Waals surface area contributed by atoms with E-state index in [0.29, 0.717) is 0 Å². The Hall–Kier alpha value is -1.93. The van der Waals surface area contributed by atoms with Gasteiger partial charge in [0, 0.05) is 22.8 Å². The summed E-state index contributed by atoms with van der Waals surface area (Å²) in [6.07, 6.45) is 4.76. The molecule has 0 saturated heterocycles. The number of aryl methyl sites for hydroxylation is 1. The van der Waals surface area contributed by atoms with Crippen molar-refractivity contribution in [1.82, 2.24) is 4.98 Å². The first-order chi connectivity index (χ1) is 9.79. The zero-order chi connectivity index (χ0) is 13.9. The van der Waals surface area contributed by atoms with Crippen LogP contribution in [0.1, 0.15) is 17.4 Å².